The number of hydrogen-bond donors (Lipinski definition) is 2. The van der Waals surface area contributed by atoms with Gasteiger partial charge in [0.25, 0.3) is 0 Å². The van der Waals surface area contributed by atoms with Crippen LogP contribution in [0.2, 0.25) is 0 Å². The van der Waals surface area contributed by atoms with Gasteiger partial charge in [0.2, 0.25) is 5.88 Å². The fourth-order valence-electron chi connectivity index (χ4n) is 1.73. The third-order valence-corrected chi connectivity index (χ3v) is 2.65. The first-order chi connectivity index (χ1) is 8.79. The zero-order valence-corrected chi connectivity index (χ0v) is 10.9. The number of hydrogen-bond acceptors (Lipinski definition) is 5. The lowest BCUT2D eigenvalue weighted by Gasteiger charge is -2.12. The van der Waals surface area contributed by atoms with Gasteiger partial charge < -0.3 is 15.4 Å². The van der Waals surface area contributed by atoms with E-state index in [1.807, 2.05) is 12.1 Å². The maximum atomic E-state index is 5.61. The third kappa shape index (κ3) is 3.35. The first-order valence-corrected chi connectivity index (χ1v) is 6.41. The van der Waals surface area contributed by atoms with Crippen LogP contribution in [-0.2, 0) is 6.54 Å². The molecule has 1 unspecified atom stereocenters. The smallest absolute Gasteiger partial charge is 0.218 e. The summed E-state index contributed by atoms with van der Waals surface area (Å²) in [4.78, 5) is 8.61. The van der Waals surface area contributed by atoms with Gasteiger partial charge in [-0.25, -0.2) is 4.98 Å². The summed E-state index contributed by atoms with van der Waals surface area (Å²) in [6.07, 6.45) is 2.73. The van der Waals surface area contributed by atoms with Crippen molar-refractivity contribution in [1.82, 2.24) is 15.6 Å². The molecule has 0 fully saturated rings. The maximum absolute atomic E-state index is 5.61. The Labute approximate surface area is 108 Å². The normalized spacial score (nSPS) is 18.1. The van der Waals surface area contributed by atoms with Crippen LogP contribution in [0.3, 0.4) is 0 Å². The molecule has 2 N–H and O–H groups in total. The lowest BCUT2D eigenvalue weighted by molar-refractivity contribution is 0.301. The van der Waals surface area contributed by atoms with Crippen LogP contribution in [-0.4, -0.2) is 30.1 Å². The molecule has 2 rings (SSSR count). The topological polar surface area (TPSA) is 58.5 Å². The van der Waals surface area contributed by atoms with Crippen LogP contribution in [0, 0.1) is 0 Å². The molecule has 5 heteroatoms. The second-order valence-electron chi connectivity index (χ2n) is 4.40. The number of aromatic nitrogens is 1. The molecule has 2 heterocycles. The molecular formula is C13H20N4O. The van der Waals surface area contributed by atoms with E-state index in [-0.39, 0.29) is 0 Å². The lowest BCUT2D eigenvalue weighted by Crippen LogP contribution is -2.37. The number of rotatable bonds is 5. The zero-order chi connectivity index (χ0) is 12.8. The number of ether oxygens (including phenoxy) is 1. The van der Waals surface area contributed by atoms with Crippen molar-refractivity contribution >= 4 is 5.96 Å². The standard InChI is InChI=1S/C13H20N4O/c1-3-7-18-12-11(5-4-6-14-12)9-16-13-15-8-10(2)17-13/h4-6,10H,3,7-9H2,1-2H3,(H2,15,16,17). The second kappa shape index (κ2) is 6.23. The van der Waals surface area contributed by atoms with Crippen LogP contribution in [0.4, 0.5) is 0 Å². The molecule has 0 amide bonds. The number of guanidine groups is 1. The Morgan fingerprint density at radius 3 is 3.17 bits per heavy atom. The summed E-state index contributed by atoms with van der Waals surface area (Å²) in [5, 5.41) is 6.53. The number of aliphatic imine (C=N–C) groups is 1. The predicted octanol–water partition coefficient (Wildman–Crippen LogP) is 1.31. The summed E-state index contributed by atoms with van der Waals surface area (Å²) < 4.78 is 5.61. The van der Waals surface area contributed by atoms with E-state index in [4.69, 9.17) is 4.74 Å². The second-order valence-corrected chi connectivity index (χ2v) is 4.40. The van der Waals surface area contributed by atoms with Crippen LogP contribution >= 0.6 is 0 Å². The summed E-state index contributed by atoms with van der Waals surface area (Å²) in [5.74, 6) is 1.56. The van der Waals surface area contributed by atoms with Crippen LogP contribution in [0.5, 0.6) is 5.88 Å². The third-order valence-electron chi connectivity index (χ3n) is 2.65. The van der Waals surface area contributed by atoms with Crippen LogP contribution in [0.25, 0.3) is 0 Å². The minimum Gasteiger partial charge on any atom is -0.477 e. The largest absolute Gasteiger partial charge is 0.477 e. The highest BCUT2D eigenvalue weighted by molar-refractivity contribution is 5.81. The molecule has 1 aromatic heterocycles. The van der Waals surface area contributed by atoms with Gasteiger partial charge >= 0.3 is 0 Å². The lowest BCUT2D eigenvalue weighted by atomic mass is 10.2. The molecule has 0 bridgehead atoms. The Morgan fingerprint density at radius 2 is 2.44 bits per heavy atom. The summed E-state index contributed by atoms with van der Waals surface area (Å²) in [5.41, 5.74) is 1.05. The van der Waals surface area contributed by atoms with Gasteiger partial charge in [-0.1, -0.05) is 13.0 Å². The highest BCUT2D eigenvalue weighted by Crippen LogP contribution is 2.14. The van der Waals surface area contributed by atoms with Gasteiger partial charge in [0.05, 0.1) is 13.2 Å². The van der Waals surface area contributed by atoms with Crippen molar-refractivity contribution in [3.63, 3.8) is 0 Å². The summed E-state index contributed by atoms with van der Waals surface area (Å²) >= 11 is 0. The Bertz CT molecular complexity index is 419. The molecule has 0 saturated heterocycles. The molecule has 1 aliphatic rings. The molecule has 0 aliphatic carbocycles. The van der Waals surface area contributed by atoms with Crippen molar-refractivity contribution in [3.8, 4) is 5.88 Å². The van der Waals surface area contributed by atoms with Crippen molar-refractivity contribution in [1.29, 1.82) is 0 Å². The Kier molecular flexibility index (Phi) is 4.39. The number of nitrogens with zero attached hydrogens (tertiary/aromatic N) is 2. The quantitative estimate of drug-likeness (QED) is 0.825. The number of nitrogens with one attached hydrogen (secondary N) is 2. The van der Waals surface area contributed by atoms with Crippen LogP contribution in [0.15, 0.2) is 23.3 Å². The van der Waals surface area contributed by atoms with Gasteiger partial charge in [0.1, 0.15) is 0 Å². The van der Waals surface area contributed by atoms with Crippen molar-refractivity contribution in [2.75, 3.05) is 13.2 Å². The first-order valence-electron chi connectivity index (χ1n) is 6.41. The highest BCUT2D eigenvalue weighted by Gasteiger charge is 2.12. The predicted molar refractivity (Wildman–Crippen MR) is 71.8 cm³/mol. The summed E-state index contributed by atoms with van der Waals surface area (Å²) in [6.45, 7) is 6.39. The molecule has 0 spiro atoms. The molecule has 0 saturated carbocycles. The minimum atomic E-state index is 0.414. The van der Waals surface area contributed by atoms with E-state index in [0.717, 1.165) is 24.5 Å². The monoisotopic (exact) mass is 248 g/mol. The average Bonchev–Trinajstić information content (AvgIpc) is 2.81. The van der Waals surface area contributed by atoms with Crippen LogP contribution in [0.1, 0.15) is 25.8 Å². The van der Waals surface area contributed by atoms with E-state index >= 15 is 0 Å². The fraction of sp³-hybridized carbons (Fsp3) is 0.538. The van der Waals surface area contributed by atoms with Gasteiger partial charge in [0, 0.05) is 24.3 Å². The van der Waals surface area contributed by atoms with Gasteiger partial charge in [-0.3, -0.25) is 4.99 Å². The van der Waals surface area contributed by atoms with E-state index in [2.05, 4.69) is 34.5 Å². The molecule has 98 valence electrons. The summed E-state index contributed by atoms with van der Waals surface area (Å²) in [6, 6.07) is 4.35. The molecule has 1 aliphatic heterocycles. The molecule has 0 aromatic carbocycles. The van der Waals surface area contributed by atoms with Crippen LogP contribution < -0.4 is 15.4 Å². The van der Waals surface area contributed by atoms with E-state index < -0.39 is 0 Å². The fourth-order valence-corrected chi connectivity index (χ4v) is 1.73. The molecule has 1 aromatic rings. The van der Waals surface area contributed by atoms with Gasteiger partial charge in [0.15, 0.2) is 5.96 Å². The van der Waals surface area contributed by atoms with E-state index in [1.54, 1.807) is 6.20 Å². The average molecular weight is 248 g/mol. The molecule has 5 nitrogen and oxygen atoms in total. The Balaban J connectivity index is 1.92. The molecular weight excluding hydrogens is 228 g/mol. The van der Waals surface area contributed by atoms with E-state index in [0.29, 0.717) is 25.1 Å². The molecule has 18 heavy (non-hydrogen) atoms. The van der Waals surface area contributed by atoms with Crippen molar-refractivity contribution in [3.05, 3.63) is 23.9 Å². The van der Waals surface area contributed by atoms with Crippen molar-refractivity contribution in [2.24, 2.45) is 4.99 Å². The van der Waals surface area contributed by atoms with Gasteiger partial charge in [-0.15, -0.1) is 0 Å². The van der Waals surface area contributed by atoms with Crippen molar-refractivity contribution in [2.45, 2.75) is 32.9 Å². The Morgan fingerprint density at radius 1 is 1.56 bits per heavy atom. The maximum Gasteiger partial charge on any atom is 0.218 e. The van der Waals surface area contributed by atoms with Crippen molar-refractivity contribution < 1.29 is 4.74 Å². The minimum absolute atomic E-state index is 0.414. The zero-order valence-electron chi connectivity index (χ0n) is 10.9. The Hall–Kier alpha value is -1.78. The number of pyridine rings is 1. The molecule has 0 radical (unpaired) electrons. The van der Waals surface area contributed by atoms with Gasteiger partial charge in [-0.05, 0) is 19.4 Å². The van der Waals surface area contributed by atoms with Gasteiger partial charge in [-0.2, -0.15) is 0 Å². The highest BCUT2D eigenvalue weighted by atomic mass is 16.5. The summed E-state index contributed by atoms with van der Waals surface area (Å²) in [7, 11) is 0. The molecule has 1 atom stereocenters. The van der Waals surface area contributed by atoms with E-state index in [1.165, 1.54) is 0 Å². The SMILES string of the molecule is CCCOc1ncccc1CNC1=NCC(C)N1. The first kappa shape index (κ1) is 12.7. The van der Waals surface area contributed by atoms with E-state index in [9.17, 15) is 0 Å².